The summed E-state index contributed by atoms with van der Waals surface area (Å²) in [6.45, 7) is 3.04. The van der Waals surface area contributed by atoms with Crippen molar-refractivity contribution in [3.63, 3.8) is 0 Å². The lowest BCUT2D eigenvalue weighted by molar-refractivity contribution is -0.139. The molecule has 0 saturated carbocycles. The molecule has 0 aromatic heterocycles. The van der Waals surface area contributed by atoms with E-state index in [1.54, 1.807) is 48.2 Å². The molecule has 2 aromatic rings. The number of para-hydroxylation sites is 1. The third-order valence-corrected chi connectivity index (χ3v) is 4.82. The Hall–Kier alpha value is -2.89. The molecule has 1 atom stereocenters. The molecule has 6 heteroatoms. The van der Waals surface area contributed by atoms with Crippen LogP contribution in [-0.4, -0.2) is 36.0 Å². The second-order valence-electron chi connectivity index (χ2n) is 6.96. The van der Waals surface area contributed by atoms with Gasteiger partial charge in [-0.25, -0.2) is 9.18 Å². The molecule has 1 heterocycles. The minimum atomic E-state index is -0.843. The molecule has 0 radical (unpaired) electrons. The van der Waals surface area contributed by atoms with Crippen molar-refractivity contribution in [2.45, 2.75) is 38.7 Å². The highest BCUT2D eigenvalue weighted by atomic mass is 19.1. The van der Waals surface area contributed by atoms with Gasteiger partial charge in [0, 0.05) is 18.8 Å². The number of amides is 1. The van der Waals surface area contributed by atoms with Crippen LogP contribution in [0, 0.1) is 5.82 Å². The highest BCUT2D eigenvalue weighted by Crippen LogP contribution is 2.22. The van der Waals surface area contributed by atoms with E-state index in [4.69, 9.17) is 4.74 Å². The van der Waals surface area contributed by atoms with Gasteiger partial charge in [0.25, 0.3) is 5.91 Å². The molecule has 1 aliphatic heterocycles. The maximum Gasteiger partial charge on any atom is 0.341 e. The highest BCUT2D eigenvalue weighted by molar-refractivity contribution is 5.98. The molecule has 28 heavy (non-hydrogen) atoms. The first-order valence-electron chi connectivity index (χ1n) is 9.66. The van der Waals surface area contributed by atoms with Gasteiger partial charge < -0.3 is 15.0 Å². The van der Waals surface area contributed by atoms with Crippen LogP contribution in [0.4, 0.5) is 15.8 Å². The zero-order valence-electron chi connectivity index (χ0n) is 16.0. The Bertz CT molecular complexity index is 815. The maximum absolute atomic E-state index is 13.1. The zero-order chi connectivity index (χ0) is 19.9. The Morgan fingerprint density at radius 2 is 1.64 bits per heavy atom. The molecule has 1 aliphatic rings. The lowest BCUT2D eigenvalue weighted by Gasteiger charge is -2.24. The summed E-state index contributed by atoms with van der Waals surface area (Å²) in [4.78, 5) is 27.1. The van der Waals surface area contributed by atoms with Crippen molar-refractivity contribution in [2.24, 2.45) is 0 Å². The van der Waals surface area contributed by atoms with Gasteiger partial charge in [-0.15, -0.1) is 0 Å². The molecule has 2 aromatic carbocycles. The second-order valence-corrected chi connectivity index (χ2v) is 6.96. The molecule has 1 unspecified atom stereocenters. The number of carbonyl (C=O) groups is 2. The molecule has 1 amide bonds. The van der Waals surface area contributed by atoms with Gasteiger partial charge in [0.05, 0.1) is 11.3 Å². The summed E-state index contributed by atoms with van der Waals surface area (Å²) < 4.78 is 18.6. The zero-order valence-corrected chi connectivity index (χ0v) is 16.0. The van der Waals surface area contributed by atoms with Crippen molar-refractivity contribution < 1.29 is 18.7 Å². The number of esters is 1. The lowest BCUT2D eigenvalue weighted by Crippen LogP contribution is -2.40. The molecule has 1 N–H and O–H groups in total. The average molecular weight is 384 g/mol. The minimum absolute atomic E-state index is 0.153. The SMILES string of the molecule is CC(OC(=O)c1ccccc1Nc1ccc(F)cc1)C(=O)N1CCCCCC1. The molecule has 0 bridgehead atoms. The van der Waals surface area contributed by atoms with Crippen LogP contribution in [0.1, 0.15) is 43.0 Å². The smallest absolute Gasteiger partial charge is 0.341 e. The number of carbonyl (C=O) groups excluding carboxylic acids is 2. The molecule has 5 nitrogen and oxygen atoms in total. The van der Waals surface area contributed by atoms with Gasteiger partial charge in [0.2, 0.25) is 0 Å². The van der Waals surface area contributed by atoms with E-state index in [2.05, 4.69) is 5.32 Å². The van der Waals surface area contributed by atoms with Gasteiger partial charge in [-0.1, -0.05) is 25.0 Å². The van der Waals surface area contributed by atoms with Crippen molar-refractivity contribution in [1.29, 1.82) is 0 Å². The number of benzene rings is 2. The van der Waals surface area contributed by atoms with Crippen molar-refractivity contribution >= 4 is 23.3 Å². The normalized spacial score (nSPS) is 15.4. The van der Waals surface area contributed by atoms with Crippen molar-refractivity contribution in [2.75, 3.05) is 18.4 Å². The van der Waals surface area contributed by atoms with E-state index < -0.39 is 12.1 Å². The number of nitrogens with one attached hydrogen (secondary N) is 1. The quantitative estimate of drug-likeness (QED) is 0.770. The Morgan fingerprint density at radius 3 is 2.32 bits per heavy atom. The minimum Gasteiger partial charge on any atom is -0.449 e. The standard InChI is InChI=1S/C22H25FN2O3/c1-16(21(26)25-14-6-2-3-7-15-25)28-22(27)19-8-4-5-9-20(19)24-18-12-10-17(23)11-13-18/h4-5,8-13,16,24H,2-3,6-7,14-15H2,1H3. The van der Waals surface area contributed by atoms with Crippen molar-refractivity contribution in [3.05, 3.63) is 59.9 Å². The summed E-state index contributed by atoms with van der Waals surface area (Å²) in [5.74, 6) is -1.06. The van der Waals surface area contributed by atoms with Crippen LogP contribution in [0.3, 0.4) is 0 Å². The fourth-order valence-corrected chi connectivity index (χ4v) is 3.28. The number of anilines is 2. The van der Waals surface area contributed by atoms with E-state index in [1.807, 2.05) is 0 Å². The highest BCUT2D eigenvalue weighted by Gasteiger charge is 2.25. The predicted molar refractivity (Wildman–Crippen MR) is 106 cm³/mol. The largest absolute Gasteiger partial charge is 0.449 e. The number of rotatable bonds is 5. The Morgan fingerprint density at radius 1 is 1.00 bits per heavy atom. The number of nitrogens with zero attached hydrogens (tertiary/aromatic N) is 1. The number of hydrogen-bond donors (Lipinski definition) is 1. The van der Waals surface area contributed by atoms with Crippen LogP contribution >= 0.6 is 0 Å². The fraction of sp³-hybridized carbons (Fsp3) is 0.364. The van der Waals surface area contributed by atoms with E-state index in [0.717, 1.165) is 25.7 Å². The summed E-state index contributed by atoms with van der Waals surface area (Å²) >= 11 is 0. The van der Waals surface area contributed by atoms with E-state index in [0.29, 0.717) is 30.0 Å². The summed E-state index contributed by atoms with van der Waals surface area (Å²) in [6, 6.07) is 12.7. The van der Waals surface area contributed by atoms with Gasteiger partial charge in [-0.2, -0.15) is 0 Å². The number of likely N-dealkylation sites (tertiary alicyclic amines) is 1. The first-order valence-corrected chi connectivity index (χ1v) is 9.66. The van der Waals surface area contributed by atoms with E-state index >= 15 is 0 Å². The van der Waals surface area contributed by atoms with Crippen LogP contribution < -0.4 is 5.32 Å². The van der Waals surface area contributed by atoms with Crippen LogP contribution in [0.25, 0.3) is 0 Å². The van der Waals surface area contributed by atoms with Crippen molar-refractivity contribution in [1.82, 2.24) is 4.90 Å². The van der Waals surface area contributed by atoms with Gasteiger partial charge in [-0.05, 0) is 56.2 Å². The number of ether oxygens (including phenoxy) is 1. The third kappa shape index (κ3) is 5.09. The molecule has 148 valence electrons. The molecular weight excluding hydrogens is 359 g/mol. The predicted octanol–water partition coefficient (Wildman–Crippen LogP) is 4.52. The van der Waals surface area contributed by atoms with Gasteiger partial charge in [0.1, 0.15) is 5.82 Å². The average Bonchev–Trinajstić information content (AvgIpc) is 2.99. The van der Waals surface area contributed by atoms with Crippen LogP contribution in [0.2, 0.25) is 0 Å². The molecular formula is C22H25FN2O3. The summed E-state index contributed by atoms with van der Waals surface area (Å²) in [6.07, 6.45) is 3.37. The summed E-state index contributed by atoms with van der Waals surface area (Å²) in [7, 11) is 0. The Labute approximate surface area is 164 Å². The van der Waals surface area contributed by atoms with Crippen LogP contribution in [0.15, 0.2) is 48.5 Å². The first kappa shape index (κ1) is 19.9. The number of hydrogen-bond acceptors (Lipinski definition) is 4. The number of halogens is 1. The van der Waals surface area contributed by atoms with Gasteiger partial charge >= 0.3 is 5.97 Å². The van der Waals surface area contributed by atoms with Crippen LogP contribution in [-0.2, 0) is 9.53 Å². The monoisotopic (exact) mass is 384 g/mol. The molecule has 0 spiro atoms. The van der Waals surface area contributed by atoms with Gasteiger partial charge in [-0.3, -0.25) is 4.79 Å². The topological polar surface area (TPSA) is 58.6 Å². The van der Waals surface area contributed by atoms with Crippen LogP contribution in [0.5, 0.6) is 0 Å². The summed E-state index contributed by atoms with van der Waals surface area (Å²) in [5.41, 5.74) is 1.51. The molecule has 3 rings (SSSR count). The second kappa shape index (κ2) is 9.35. The summed E-state index contributed by atoms with van der Waals surface area (Å²) in [5, 5.41) is 3.09. The molecule has 1 saturated heterocycles. The van der Waals surface area contributed by atoms with E-state index in [9.17, 15) is 14.0 Å². The lowest BCUT2D eigenvalue weighted by atomic mass is 10.1. The molecule has 1 fully saturated rings. The third-order valence-electron chi connectivity index (χ3n) is 4.82. The van der Waals surface area contributed by atoms with E-state index in [1.165, 1.54) is 12.1 Å². The maximum atomic E-state index is 13.1. The molecule has 0 aliphatic carbocycles. The van der Waals surface area contributed by atoms with E-state index in [-0.39, 0.29) is 11.7 Å². The van der Waals surface area contributed by atoms with Gasteiger partial charge in [0.15, 0.2) is 6.10 Å². The van der Waals surface area contributed by atoms with Crippen molar-refractivity contribution in [3.8, 4) is 0 Å². The first-order chi connectivity index (χ1) is 13.5. The Balaban J connectivity index is 1.68. The Kier molecular flexibility index (Phi) is 6.63. The fourth-order valence-electron chi connectivity index (χ4n) is 3.28.